The second-order valence-corrected chi connectivity index (χ2v) is 5.75. The van der Waals surface area contributed by atoms with Gasteiger partial charge in [-0.1, -0.05) is 23.8 Å². The summed E-state index contributed by atoms with van der Waals surface area (Å²) < 4.78 is 0. The predicted molar refractivity (Wildman–Crippen MR) is 73.8 cm³/mol. The molecule has 0 fully saturated rings. The first-order valence-corrected chi connectivity index (χ1v) is 6.15. The summed E-state index contributed by atoms with van der Waals surface area (Å²) in [5.74, 6) is -0.776. The first kappa shape index (κ1) is 14.7. The number of carboxylic acids is 1. The Morgan fingerprint density at radius 3 is 2.28 bits per heavy atom. The number of benzene rings is 1. The van der Waals surface area contributed by atoms with Crippen molar-refractivity contribution in [2.45, 2.75) is 33.7 Å². The number of aliphatic carboxylic acids is 1. The molecule has 0 aliphatic carbocycles. The van der Waals surface area contributed by atoms with Gasteiger partial charge in [-0.25, -0.2) is 0 Å². The normalized spacial score (nSPS) is 13.7. The van der Waals surface area contributed by atoms with Crippen molar-refractivity contribution in [3.8, 4) is 0 Å². The van der Waals surface area contributed by atoms with E-state index in [2.05, 4.69) is 18.2 Å². The van der Waals surface area contributed by atoms with Gasteiger partial charge in [-0.15, -0.1) is 0 Å². The molecular weight excluding hydrogens is 226 g/mol. The molecular formula is C15H23NO2. The second-order valence-electron chi connectivity index (χ2n) is 5.75. The molecule has 100 valence electrons. The van der Waals surface area contributed by atoms with Crippen molar-refractivity contribution in [2.24, 2.45) is 5.41 Å². The lowest BCUT2D eigenvalue weighted by atomic mass is 9.78. The van der Waals surface area contributed by atoms with Crippen molar-refractivity contribution >= 4 is 5.97 Å². The number of hydrogen-bond acceptors (Lipinski definition) is 2. The smallest absolute Gasteiger partial charge is 0.311 e. The molecule has 0 bridgehead atoms. The van der Waals surface area contributed by atoms with E-state index in [0.717, 1.165) is 16.7 Å². The van der Waals surface area contributed by atoms with Gasteiger partial charge in [0.25, 0.3) is 0 Å². The standard InChI is InChI=1S/C15H23NO2/c1-10-7-8-11(2)12(9-10)13(16(5)6)15(3,4)14(17)18/h7-9,13H,1-6H3,(H,17,18). The van der Waals surface area contributed by atoms with Gasteiger partial charge in [0.2, 0.25) is 0 Å². The van der Waals surface area contributed by atoms with E-state index in [-0.39, 0.29) is 6.04 Å². The largest absolute Gasteiger partial charge is 0.481 e. The number of carboxylic acid groups (broad SMARTS) is 1. The van der Waals surface area contributed by atoms with E-state index in [0.29, 0.717) is 0 Å². The maximum Gasteiger partial charge on any atom is 0.311 e. The molecule has 3 heteroatoms. The first-order chi connectivity index (χ1) is 8.17. The summed E-state index contributed by atoms with van der Waals surface area (Å²) in [6, 6.07) is 6.05. The molecule has 0 saturated carbocycles. The number of hydrogen-bond donors (Lipinski definition) is 1. The topological polar surface area (TPSA) is 40.5 Å². The molecule has 3 nitrogen and oxygen atoms in total. The van der Waals surface area contributed by atoms with Gasteiger partial charge in [-0.3, -0.25) is 4.79 Å². The van der Waals surface area contributed by atoms with Crippen LogP contribution in [0.25, 0.3) is 0 Å². The lowest BCUT2D eigenvalue weighted by molar-refractivity contribution is -0.150. The quantitative estimate of drug-likeness (QED) is 0.891. The third-order valence-electron chi connectivity index (χ3n) is 3.48. The van der Waals surface area contributed by atoms with E-state index < -0.39 is 11.4 Å². The molecule has 0 aromatic heterocycles. The fraction of sp³-hybridized carbons (Fsp3) is 0.533. The van der Waals surface area contributed by atoms with Gasteiger partial charge in [0.15, 0.2) is 0 Å². The van der Waals surface area contributed by atoms with Crippen LogP contribution < -0.4 is 0 Å². The minimum absolute atomic E-state index is 0.144. The summed E-state index contributed by atoms with van der Waals surface area (Å²) in [4.78, 5) is 13.5. The molecule has 1 rings (SSSR count). The zero-order valence-electron chi connectivity index (χ0n) is 12.1. The molecule has 0 spiro atoms. The van der Waals surface area contributed by atoms with Gasteiger partial charge < -0.3 is 10.0 Å². The SMILES string of the molecule is Cc1ccc(C)c(C(N(C)C)C(C)(C)C(=O)O)c1. The molecule has 1 unspecified atom stereocenters. The lowest BCUT2D eigenvalue weighted by Crippen LogP contribution is -2.39. The molecule has 0 saturated heterocycles. The highest BCUT2D eigenvalue weighted by molar-refractivity contribution is 5.75. The number of nitrogens with zero attached hydrogens (tertiary/aromatic N) is 1. The minimum atomic E-state index is -0.831. The molecule has 0 radical (unpaired) electrons. The van der Waals surface area contributed by atoms with Crippen molar-refractivity contribution in [3.05, 3.63) is 34.9 Å². The first-order valence-electron chi connectivity index (χ1n) is 6.15. The Morgan fingerprint density at radius 2 is 1.83 bits per heavy atom. The van der Waals surface area contributed by atoms with Crippen LogP contribution in [-0.2, 0) is 4.79 Å². The molecule has 0 amide bonds. The zero-order chi connectivity index (χ0) is 14.1. The van der Waals surface area contributed by atoms with Gasteiger partial charge >= 0.3 is 5.97 Å². The average molecular weight is 249 g/mol. The molecule has 1 aromatic rings. The number of carbonyl (C=O) groups is 1. The van der Waals surface area contributed by atoms with Crippen molar-refractivity contribution < 1.29 is 9.90 Å². The van der Waals surface area contributed by atoms with Crippen molar-refractivity contribution in [2.75, 3.05) is 14.1 Å². The monoisotopic (exact) mass is 249 g/mol. The molecule has 18 heavy (non-hydrogen) atoms. The van der Waals surface area contributed by atoms with E-state index in [1.54, 1.807) is 13.8 Å². The van der Waals surface area contributed by atoms with E-state index in [1.165, 1.54) is 0 Å². The third-order valence-corrected chi connectivity index (χ3v) is 3.48. The minimum Gasteiger partial charge on any atom is -0.481 e. The summed E-state index contributed by atoms with van der Waals surface area (Å²) >= 11 is 0. The van der Waals surface area contributed by atoms with Crippen molar-refractivity contribution in [1.82, 2.24) is 4.90 Å². The van der Waals surface area contributed by atoms with Gasteiger partial charge in [0.05, 0.1) is 11.5 Å². The number of aryl methyl sites for hydroxylation is 2. The molecule has 1 N–H and O–H groups in total. The predicted octanol–water partition coefficient (Wildman–Crippen LogP) is 3.02. The fourth-order valence-electron chi connectivity index (χ4n) is 2.48. The van der Waals surface area contributed by atoms with E-state index >= 15 is 0 Å². The molecule has 0 aliphatic rings. The Hall–Kier alpha value is -1.35. The molecule has 0 aliphatic heterocycles. The Bertz CT molecular complexity index is 450. The highest BCUT2D eigenvalue weighted by Gasteiger charge is 2.39. The molecule has 1 atom stereocenters. The van der Waals surface area contributed by atoms with Gasteiger partial charge in [0, 0.05) is 0 Å². The van der Waals surface area contributed by atoms with Crippen LogP contribution in [0.15, 0.2) is 18.2 Å². The second kappa shape index (κ2) is 5.11. The Balaban J connectivity index is 3.38. The molecule has 1 aromatic carbocycles. The number of rotatable bonds is 4. The van der Waals surface area contributed by atoms with Crippen LogP contribution in [0, 0.1) is 19.3 Å². The highest BCUT2D eigenvalue weighted by Crippen LogP contribution is 2.38. The van der Waals surface area contributed by atoms with Gasteiger partial charge in [-0.2, -0.15) is 0 Å². The Kier molecular flexibility index (Phi) is 4.17. The third kappa shape index (κ3) is 2.72. The van der Waals surface area contributed by atoms with Crippen LogP contribution in [-0.4, -0.2) is 30.1 Å². The van der Waals surface area contributed by atoms with Crippen molar-refractivity contribution in [3.63, 3.8) is 0 Å². The maximum atomic E-state index is 11.5. The summed E-state index contributed by atoms with van der Waals surface area (Å²) in [5.41, 5.74) is 2.55. The van der Waals surface area contributed by atoms with E-state index in [1.807, 2.05) is 32.8 Å². The van der Waals surface area contributed by atoms with Crippen LogP contribution in [0.2, 0.25) is 0 Å². The maximum absolute atomic E-state index is 11.5. The molecule has 0 heterocycles. The summed E-state index contributed by atoms with van der Waals surface area (Å²) in [5, 5.41) is 9.46. The zero-order valence-corrected chi connectivity index (χ0v) is 12.1. The summed E-state index contributed by atoms with van der Waals surface area (Å²) in [6.07, 6.45) is 0. The van der Waals surface area contributed by atoms with Gasteiger partial charge in [-0.05, 0) is 52.9 Å². The van der Waals surface area contributed by atoms with Crippen LogP contribution in [0.1, 0.15) is 36.6 Å². The Morgan fingerprint density at radius 1 is 1.28 bits per heavy atom. The van der Waals surface area contributed by atoms with Crippen molar-refractivity contribution in [1.29, 1.82) is 0 Å². The average Bonchev–Trinajstić information content (AvgIpc) is 2.22. The fourth-order valence-corrected chi connectivity index (χ4v) is 2.48. The van der Waals surface area contributed by atoms with Crippen LogP contribution in [0.4, 0.5) is 0 Å². The highest BCUT2D eigenvalue weighted by atomic mass is 16.4. The van der Waals surface area contributed by atoms with E-state index in [9.17, 15) is 9.90 Å². The summed E-state index contributed by atoms with van der Waals surface area (Å²) in [6.45, 7) is 7.62. The summed E-state index contributed by atoms with van der Waals surface area (Å²) in [7, 11) is 3.86. The van der Waals surface area contributed by atoms with Gasteiger partial charge in [0.1, 0.15) is 0 Å². The van der Waals surface area contributed by atoms with Crippen LogP contribution in [0.3, 0.4) is 0 Å². The lowest BCUT2D eigenvalue weighted by Gasteiger charge is -2.37. The van der Waals surface area contributed by atoms with Crippen LogP contribution in [0.5, 0.6) is 0 Å². The van der Waals surface area contributed by atoms with Crippen LogP contribution >= 0.6 is 0 Å². The van der Waals surface area contributed by atoms with E-state index in [4.69, 9.17) is 0 Å². The Labute approximate surface area is 109 Å².